The molecule has 0 radical (unpaired) electrons. The van der Waals surface area contributed by atoms with Gasteiger partial charge in [0.2, 0.25) is 0 Å². The minimum Gasteiger partial charge on any atom is -0.466 e. The minimum atomic E-state index is -1.02. The number of aryl methyl sites for hydroxylation is 1. The third kappa shape index (κ3) is 4.01. The Kier molecular flexibility index (Phi) is 5.22. The van der Waals surface area contributed by atoms with Crippen LogP contribution in [0.15, 0.2) is 33.3 Å². The van der Waals surface area contributed by atoms with Gasteiger partial charge in [-0.2, -0.15) is 5.10 Å². The molecule has 0 atom stereocenters. The number of nitrogens with zero attached hydrogens (tertiary/aromatic N) is 2. The molecule has 1 N–H and O–H groups in total. The van der Waals surface area contributed by atoms with Crippen molar-refractivity contribution >= 4 is 35.0 Å². The molecule has 6 nitrogen and oxygen atoms in total. The number of methoxy groups -OCH3 is 1. The van der Waals surface area contributed by atoms with Crippen LogP contribution in [-0.2, 0) is 14.3 Å². The van der Waals surface area contributed by atoms with Crippen LogP contribution in [0.1, 0.15) is 11.1 Å². The zero-order chi connectivity index (χ0) is 17.0. The van der Waals surface area contributed by atoms with Crippen molar-refractivity contribution in [2.24, 2.45) is 10.2 Å². The number of thioether (sulfide) groups is 1. The lowest BCUT2D eigenvalue weighted by molar-refractivity contribution is -0.135. The molecule has 1 heterocycles. The lowest BCUT2D eigenvalue weighted by Crippen LogP contribution is -2.19. The Balaban J connectivity index is 2.13. The number of rotatable bonds is 3. The standard InChI is InChI=1S/C14H11F2N3O3S/c1-7-3-4-8(12(16)11(7)15)6-17-19-14-18-13(21)9(23-14)5-10(20)22-2/h3-6H,1-2H3,(H,18,19,21)/b9-5+,17-6?. The maximum Gasteiger partial charge on any atom is 0.331 e. The molecular weight excluding hydrogens is 328 g/mol. The van der Waals surface area contributed by atoms with Crippen molar-refractivity contribution in [2.45, 2.75) is 6.92 Å². The van der Waals surface area contributed by atoms with E-state index in [1.54, 1.807) is 0 Å². The normalized spacial score (nSPS) is 18.0. The van der Waals surface area contributed by atoms with Crippen molar-refractivity contribution in [3.63, 3.8) is 0 Å². The van der Waals surface area contributed by atoms with E-state index in [-0.39, 0.29) is 21.2 Å². The number of nitrogens with one attached hydrogen (secondary N) is 1. The Labute approximate surface area is 134 Å². The maximum absolute atomic E-state index is 13.6. The van der Waals surface area contributed by atoms with Gasteiger partial charge in [-0.3, -0.25) is 10.1 Å². The Bertz CT molecular complexity index is 760. The lowest BCUT2D eigenvalue weighted by atomic mass is 10.1. The molecule has 1 saturated heterocycles. The molecule has 1 amide bonds. The SMILES string of the molecule is COC(=O)/C=C1/S/C(=N\N=Cc2ccc(C)c(F)c2F)NC1=O. The van der Waals surface area contributed by atoms with Gasteiger partial charge < -0.3 is 4.74 Å². The van der Waals surface area contributed by atoms with Crippen molar-refractivity contribution in [3.8, 4) is 0 Å². The Morgan fingerprint density at radius 1 is 1.35 bits per heavy atom. The first-order chi connectivity index (χ1) is 10.9. The predicted octanol–water partition coefficient (Wildman–Crippen LogP) is 1.88. The molecule has 1 aromatic rings. The second-order valence-corrected chi connectivity index (χ2v) is 5.37. The zero-order valence-electron chi connectivity index (χ0n) is 12.1. The predicted molar refractivity (Wildman–Crippen MR) is 82.0 cm³/mol. The monoisotopic (exact) mass is 339 g/mol. The number of amidine groups is 1. The van der Waals surface area contributed by atoms with Crippen LogP contribution >= 0.6 is 11.8 Å². The first-order valence-corrected chi connectivity index (χ1v) is 7.08. The fourth-order valence-corrected chi connectivity index (χ4v) is 2.28. The second-order valence-electron chi connectivity index (χ2n) is 4.34. The summed E-state index contributed by atoms with van der Waals surface area (Å²) in [6, 6.07) is 2.77. The summed E-state index contributed by atoms with van der Waals surface area (Å²) in [5, 5.41) is 9.76. The van der Waals surface area contributed by atoms with E-state index in [1.807, 2.05) is 0 Å². The summed E-state index contributed by atoms with van der Waals surface area (Å²) in [7, 11) is 1.19. The van der Waals surface area contributed by atoms with Crippen LogP contribution in [-0.4, -0.2) is 30.4 Å². The number of carbonyl (C=O) groups excluding carboxylic acids is 2. The van der Waals surface area contributed by atoms with Gasteiger partial charge >= 0.3 is 5.97 Å². The molecule has 0 spiro atoms. The summed E-state index contributed by atoms with van der Waals surface area (Å²) in [6.45, 7) is 1.44. The number of esters is 1. The smallest absolute Gasteiger partial charge is 0.331 e. The maximum atomic E-state index is 13.6. The van der Waals surface area contributed by atoms with E-state index in [0.29, 0.717) is 0 Å². The van der Waals surface area contributed by atoms with E-state index in [0.717, 1.165) is 24.1 Å². The topological polar surface area (TPSA) is 80.1 Å². The first-order valence-electron chi connectivity index (χ1n) is 6.27. The van der Waals surface area contributed by atoms with Gasteiger partial charge in [-0.25, -0.2) is 13.6 Å². The largest absolute Gasteiger partial charge is 0.466 e. The second kappa shape index (κ2) is 7.14. The van der Waals surface area contributed by atoms with Gasteiger partial charge in [0.05, 0.1) is 18.2 Å². The third-order valence-electron chi connectivity index (χ3n) is 2.75. The summed E-state index contributed by atoms with van der Waals surface area (Å²) in [5.74, 6) is -3.18. The highest BCUT2D eigenvalue weighted by atomic mass is 32.2. The fourth-order valence-electron chi connectivity index (χ4n) is 1.55. The van der Waals surface area contributed by atoms with Crippen molar-refractivity contribution in [1.82, 2.24) is 5.32 Å². The molecular formula is C14H11F2N3O3S. The van der Waals surface area contributed by atoms with E-state index < -0.39 is 23.5 Å². The quantitative estimate of drug-likeness (QED) is 0.395. The van der Waals surface area contributed by atoms with E-state index in [1.165, 1.54) is 26.2 Å². The van der Waals surface area contributed by atoms with Crippen LogP contribution < -0.4 is 5.32 Å². The summed E-state index contributed by atoms with van der Waals surface area (Å²) in [6.07, 6.45) is 2.04. The average Bonchev–Trinajstić information content (AvgIpc) is 2.87. The molecule has 1 aliphatic rings. The molecule has 0 unspecified atom stereocenters. The van der Waals surface area contributed by atoms with Crippen LogP contribution in [0.3, 0.4) is 0 Å². The Morgan fingerprint density at radius 2 is 2.09 bits per heavy atom. The van der Waals surface area contributed by atoms with E-state index in [9.17, 15) is 18.4 Å². The molecule has 0 aromatic heterocycles. The van der Waals surface area contributed by atoms with E-state index >= 15 is 0 Å². The van der Waals surface area contributed by atoms with Gasteiger partial charge in [-0.1, -0.05) is 6.07 Å². The summed E-state index contributed by atoms with van der Waals surface area (Å²) < 4.78 is 31.4. The molecule has 23 heavy (non-hydrogen) atoms. The molecule has 1 aliphatic heterocycles. The van der Waals surface area contributed by atoms with Gasteiger partial charge in [-0.15, -0.1) is 5.10 Å². The van der Waals surface area contributed by atoms with E-state index in [4.69, 9.17) is 0 Å². The van der Waals surface area contributed by atoms with Crippen LogP contribution in [0.25, 0.3) is 0 Å². The van der Waals surface area contributed by atoms with Crippen molar-refractivity contribution in [3.05, 3.63) is 45.9 Å². The van der Waals surface area contributed by atoms with Crippen LogP contribution in [0.5, 0.6) is 0 Å². The fraction of sp³-hybridized carbons (Fsp3) is 0.143. The minimum absolute atomic E-state index is 0.0721. The number of ether oxygens (including phenoxy) is 1. The molecule has 0 bridgehead atoms. The van der Waals surface area contributed by atoms with E-state index in [2.05, 4.69) is 20.3 Å². The summed E-state index contributed by atoms with van der Waals surface area (Å²) in [4.78, 5) is 22.7. The van der Waals surface area contributed by atoms with Crippen molar-refractivity contribution < 1.29 is 23.1 Å². The molecule has 2 rings (SSSR count). The highest BCUT2D eigenvalue weighted by molar-refractivity contribution is 8.18. The molecule has 1 aromatic carbocycles. The van der Waals surface area contributed by atoms with Crippen molar-refractivity contribution in [1.29, 1.82) is 0 Å². The summed E-state index contributed by atoms with van der Waals surface area (Å²) in [5.41, 5.74) is 0.110. The van der Waals surface area contributed by atoms with Gasteiger partial charge in [0.15, 0.2) is 16.8 Å². The number of hydrogen-bond acceptors (Lipinski definition) is 6. The van der Waals surface area contributed by atoms with Crippen LogP contribution in [0.4, 0.5) is 8.78 Å². The Hall–Kier alpha value is -2.55. The number of hydrogen-bond donors (Lipinski definition) is 1. The number of halogens is 2. The van der Waals surface area contributed by atoms with Crippen LogP contribution in [0, 0.1) is 18.6 Å². The van der Waals surface area contributed by atoms with Gasteiger partial charge in [0.25, 0.3) is 5.91 Å². The highest BCUT2D eigenvalue weighted by Gasteiger charge is 2.25. The molecule has 1 fully saturated rings. The van der Waals surface area contributed by atoms with Gasteiger partial charge in [0.1, 0.15) is 0 Å². The molecule has 0 saturated carbocycles. The Morgan fingerprint density at radius 3 is 2.78 bits per heavy atom. The first kappa shape index (κ1) is 16.8. The number of benzene rings is 1. The average molecular weight is 339 g/mol. The number of carbonyl (C=O) groups is 2. The van der Waals surface area contributed by atoms with Crippen LogP contribution in [0.2, 0.25) is 0 Å². The highest BCUT2D eigenvalue weighted by Crippen LogP contribution is 2.23. The molecule has 120 valence electrons. The molecule has 9 heteroatoms. The lowest BCUT2D eigenvalue weighted by Gasteiger charge is -2.00. The number of amides is 1. The van der Waals surface area contributed by atoms with Gasteiger partial charge in [0, 0.05) is 11.6 Å². The molecule has 0 aliphatic carbocycles. The van der Waals surface area contributed by atoms with Gasteiger partial charge in [-0.05, 0) is 30.3 Å². The summed E-state index contributed by atoms with van der Waals surface area (Å²) >= 11 is 0.875. The van der Waals surface area contributed by atoms with Crippen molar-refractivity contribution in [2.75, 3.05) is 7.11 Å². The third-order valence-corrected chi connectivity index (χ3v) is 3.65. The zero-order valence-corrected chi connectivity index (χ0v) is 12.9.